The molecule has 0 atom stereocenters. The number of rotatable bonds is 5. The van der Waals surface area contributed by atoms with Gasteiger partial charge in [-0.3, -0.25) is 10.1 Å². The summed E-state index contributed by atoms with van der Waals surface area (Å²) in [5.41, 5.74) is 9.27. The largest absolute Gasteiger partial charge is 0.382 e. The van der Waals surface area contributed by atoms with Crippen LogP contribution in [-0.4, -0.2) is 36.2 Å². The van der Waals surface area contributed by atoms with Crippen molar-refractivity contribution in [3.05, 3.63) is 65.7 Å². The SMILES string of the molecule is CC(C)Nc1cncc(-c2ccc3[nH]nc(-c4cc5c(-c6ccsc6)ccnc5[nH]4)c3n2)c1. The van der Waals surface area contributed by atoms with E-state index in [-0.39, 0.29) is 0 Å². The zero-order valence-electron chi connectivity index (χ0n) is 18.1. The predicted molar refractivity (Wildman–Crippen MR) is 134 cm³/mol. The summed E-state index contributed by atoms with van der Waals surface area (Å²) >= 11 is 1.69. The van der Waals surface area contributed by atoms with Crippen molar-refractivity contribution >= 4 is 39.1 Å². The highest BCUT2D eigenvalue weighted by atomic mass is 32.1. The minimum Gasteiger partial charge on any atom is -0.382 e. The fraction of sp³-hybridized carbons (Fsp3) is 0.120. The first-order valence-corrected chi connectivity index (χ1v) is 11.7. The van der Waals surface area contributed by atoms with E-state index in [2.05, 4.69) is 73.3 Å². The third kappa shape index (κ3) is 3.54. The number of pyridine rings is 3. The Labute approximate surface area is 194 Å². The van der Waals surface area contributed by atoms with E-state index < -0.39 is 0 Å². The van der Waals surface area contributed by atoms with Crippen molar-refractivity contribution in [3.63, 3.8) is 0 Å². The molecule has 33 heavy (non-hydrogen) atoms. The Balaban J connectivity index is 1.45. The lowest BCUT2D eigenvalue weighted by Gasteiger charge is -2.10. The molecule has 0 aliphatic carbocycles. The van der Waals surface area contributed by atoms with Crippen LogP contribution < -0.4 is 5.32 Å². The number of fused-ring (bicyclic) bond motifs is 2. The van der Waals surface area contributed by atoms with Crippen molar-refractivity contribution in [2.45, 2.75) is 19.9 Å². The molecule has 6 aromatic heterocycles. The van der Waals surface area contributed by atoms with Crippen LogP contribution in [0, 0.1) is 0 Å². The first-order valence-electron chi connectivity index (χ1n) is 10.7. The topological polar surface area (TPSA) is 95.2 Å². The minimum absolute atomic E-state index is 0.326. The third-order valence-electron chi connectivity index (χ3n) is 5.52. The predicted octanol–water partition coefficient (Wildman–Crippen LogP) is 6.11. The zero-order valence-corrected chi connectivity index (χ0v) is 18.9. The maximum Gasteiger partial charge on any atom is 0.138 e. The molecule has 6 rings (SSSR count). The summed E-state index contributed by atoms with van der Waals surface area (Å²) in [6.07, 6.45) is 5.49. The van der Waals surface area contributed by atoms with Crippen molar-refractivity contribution in [3.8, 4) is 33.8 Å². The summed E-state index contributed by atoms with van der Waals surface area (Å²) in [5, 5.41) is 16.4. The number of aromatic nitrogens is 6. The molecule has 0 saturated carbocycles. The maximum absolute atomic E-state index is 4.94. The molecule has 7 nitrogen and oxygen atoms in total. The van der Waals surface area contributed by atoms with Gasteiger partial charge in [-0.15, -0.1) is 0 Å². The second-order valence-electron chi connectivity index (χ2n) is 8.24. The van der Waals surface area contributed by atoms with E-state index in [1.807, 2.05) is 36.8 Å². The van der Waals surface area contributed by atoms with Crippen molar-refractivity contribution < 1.29 is 0 Å². The van der Waals surface area contributed by atoms with Gasteiger partial charge in [-0.2, -0.15) is 16.4 Å². The Hall–Kier alpha value is -4.04. The molecule has 162 valence electrons. The lowest BCUT2D eigenvalue weighted by atomic mass is 10.1. The molecule has 6 heterocycles. The van der Waals surface area contributed by atoms with Crippen molar-refractivity contribution in [1.29, 1.82) is 0 Å². The summed E-state index contributed by atoms with van der Waals surface area (Å²) in [5.74, 6) is 0. The molecular weight excluding hydrogens is 430 g/mol. The molecule has 6 aromatic rings. The molecule has 8 heteroatoms. The lowest BCUT2D eigenvalue weighted by molar-refractivity contribution is 0.898. The van der Waals surface area contributed by atoms with Gasteiger partial charge in [0.25, 0.3) is 0 Å². The quantitative estimate of drug-likeness (QED) is 0.294. The Morgan fingerprint density at radius 1 is 1.03 bits per heavy atom. The number of H-pyrrole nitrogens is 2. The maximum atomic E-state index is 4.94. The van der Waals surface area contributed by atoms with E-state index >= 15 is 0 Å². The molecule has 3 N–H and O–H groups in total. The van der Waals surface area contributed by atoms with Gasteiger partial charge in [0.15, 0.2) is 0 Å². The van der Waals surface area contributed by atoms with Gasteiger partial charge in [-0.25, -0.2) is 9.97 Å². The molecule has 0 amide bonds. The second-order valence-corrected chi connectivity index (χ2v) is 9.02. The summed E-state index contributed by atoms with van der Waals surface area (Å²) in [4.78, 5) is 17.3. The van der Waals surface area contributed by atoms with Crippen molar-refractivity contribution in [2.75, 3.05) is 5.32 Å². The van der Waals surface area contributed by atoms with Gasteiger partial charge in [0, 0.05) is 35.6 Å². The normalized spacial score (nSPS) is 11.6. The van der Waals surface area contributed by atoms with Crippen LogP contribution in [0.2, 0.25) is 0 Å². The van der Waals surface area contributed by atoms with Gasteiger partial charge in [-0.1, -0.05) is 0 Å². The molecular formula is C25H21N7S. The van der Waals surface area contributed by atoms with Crippen LogP contribution >= 0.6 is 11.3 Å². The third-order valence-corrected chi connectivity index (χ3v) is 6.20. The highest BCUT2D eigenvalue weighted by Crippen LogP contribution is 2.34. The van der Waals surface area contributed by atoms with Crippen molar-refractivity contribution in [1.82, 2.24) is 30.1 Å². The average molecular weight is 452 g/mol. The number of nitrogens with one attached hydrogen (secondary N) is 3. The fourth-order valence-electron chi connectivity index (χ4n) is 4.06. The van der Waals surface area contributed by atoms with E-state index in [0.29, 0.717) is 6.04 Å². The smallest absolute Gasteiger partial charge is 0.138 e. The lowest BCUT2D eigenvalue weighted by Crippen LogP contribution is -2.09. The first kappa shape index (κ1) is 19.6. The highest BCUT2D eigenvalue weighted by molar-refractivity contribution is 7.08. The molecule has 0 aliphatic heterocycles. The van der Waals surface area contributed by atoms with E-state index in [9.17, 15) is 0 Å². The van der Waals surface area contributed by atoms with Crippen molar-refractivity contribution in [2.24, 2.45) is 0 Å². The average Bonchev–Trinajstić information content (AvgIpc) is 3.57. The van der Waals surface area contributed by atoms with Crippen LogP contribution in [0.5, 0.6) is 0 Å². The molecule has 0 aromatic carbocycles. The molecule has 0 saturated heterocycles. The zero-order chi connectivity index (χ0) is 22.4. The molecule has 0 fully saturated rings. The Kier molecular flexibility index (Phi) is 4.66. The number of nitrogens with zero attached hydrogens (tertiary/aromatic N) is 4. The van der Waals surface area contributed by atoms with Crippen LogP contribution in [0.4, 0.5) is 5.69 Å². The van der Waals surface area contributed by atoms with Gasteiger partial charge in [0.1, 0.15) is 16.9 Å². The van der Waals surface area contributed by atoms with Gasteiger partial charge in [0.2, 0.25) is 0 Å². The van der Waals surface area contributed by atoms with Gasteiger partial charge >= 0.3 is 0 Å². The standard InChI is InChI=1S/C25H21N7S/c1-14(2)28-17-9-16(11-26-12-17)20-3-4-21-23(29-20)24(32-31-21)22-10-19-18(15-6-8-33-13-15)5-7-27-25(19)30-22/h3-14,28H,1-2H3,(H,27,30)(H,31,32). The van der Waals surface area contributed by atoms with Crippen LogP contribution in [0.15, 0.2) is 65.7 Å². The number of hydrogen-bond donors (Lipinski definition) is 3. The number of aromatic amines is 2. The van der Waals surface area contributed by atoms with Crippen LogP contribution in [-0.2, 0) is 0 Å². The first-order chi connectivity index (χ1) is 16.2. The second kappa shape index (κ2) is 7.83. The minimum atomic E-state index is 0.326. The summed E-state index contributed by atoms with van der Waals surface area (Å²) in [6.45, 7) is 4.21. The van der Waals surface area contributed by atoms with E-state index in [1.165, 1.54) is 5.56 Å². The summed E-state index contributed by atoms with van der Waals surface area (Å²) in [7, 11) is 0. The number of hydrogen-bond acceptors (Lipinski definition) is 6. The van der Waals surface area contributed by atoms with Gasteiger partial charge in [0.05, 0.1) is 22.6 Å². The Bertz CT molecular complexity index is 1580. The monoisotopic (exact) mass is 451 g/mol. The van der Waals surface area contributed by atoms with E-state index in [0.717, 1.165) is 56.0 Å². The van der Waals surface area contributed by atoms with Crippen LogP contribution in [0.3, 0.4) is 0 Å². The Morgan fingerprint density at radius 2 is 1.97 bits per heavy atom. The van der Waals surface area contributed by atoms with Gasteiger partial charge < -0.3 is 10.3 Å². The molecule has 0 bridgehead atoms. The number of thiophene rings is 1. The highest BCUT2D eigenvalue weighted by Gasteiger charge is 2.16. The van der Waals surface area contributed by atoms with Gasteiger partial charge in [-0.05, 0) is 72.1 Å². The summed E-state index contributed by atoms with van der Waals surface area (Å²) in [6, 6.07) is 12.7. The van der Waals surface area contributed by atoms with Crippen LogP contribution in [0.1, 0.15) is 13.8 Å². The molecule has 0 aliphatic rings. The fourth-order valence-corrected chi connectivity index (χ4v) is 4.72. The Morgan fingerprint density at radius 3 is 2.82 bits per heavy atom. The number of anilines is 1. The van der Waals surface area contributed by atoms with E-state index in [4.69, 9.17) is 4.98 Å². The molecule has 0 spiro atoms. The van der Waals surface area contributed by atoms with Crippen LogP contribution in [0.25, 0.3) is 55.8 Å². The molecule has 0 unspecified atom stereocenters. The summed E-state index contributed by atoms with van der Waals surface area (Å²) < 4.78 is 0. The molecule has 0 radical (unpaired) electrons. The van der Waals surface area contributed by atoms with E-state index in [1.54, 1.807) is 11.3 Å².